The topological polar surface area (TPSA) is 75.6 Å². The maximum atomic E-state index is 12.4. The third-order valence-corrected chi connectivity index (χ3v) is 5.26. The Labute approximate surface area is 125 Å². The summed E-state index contributed by atoms with van der Waals surface area (Å²) >= 11 is 5.82. The third-order valence-electron chi connectivity index (χ3n) is 3.33. The molecule has 0 unspecified atom stereocenters. The Morgan fingerprint density at radius 3 is 2.25 bits per heavy atom. The highest BCUT2D eigenvalue weighted by Gasteiger charge is 2.39. The van der Waals surface area contributed by atoms with Gasteiger partial charge in [-0.25, -0.2) is 13.1 Å². The molecule has 0 aliphatic heterocycles. The van der Waals surface area contributed by atoms with E-state index in [9.17, 15) is 13.5 Å². The average molecular weight is 322 g/mol. The summed E-state index contributed by atoms with van der Waals surface area (Å²) in [7, 11) is -2.49. The Bertz CT molecular complexity index is 591. The molecule has 0 amide bonds. The van der Waals surface area contributed by atoms with Crippen LogP contribution < -0.4 is 9.46 Å². The minimum atomic E-state index is -3.85. The van der Waals surface area contributed by atoms with Gasteiger partial charge in [0.05, 0.1) is 18.2 Å². The van der Waals surface area contributed by atoms with Gasteiger partial charge in [0.2, 0.25) is 10.0 Å². The molecule has 5 nitrogen and oxygen atoms in total. The molecule has 0 saturated heterocycles. The fourth-order valence-corrected chi connectivity index (χ4v) is 3.23. The van der Waals surface area contributed by atoms with Crippen LogP contribution in [0.15, 0.2) is 23.1 Å². The Balaban J connectivity index is 3.26. The smallest absolute Gasteiger partial charge is 0.244 e. The first-order valence-electron chi connectivity index (χ1n) is 6.00. The van der Waals surface area contributed by atoms with Gasteiger partial charge in [0.25, 0.3) is 0 Å². The van der Waals surface area contributed by atoms with Crippen LogP contribution in [0.5, 0.6) is 5.75 Å². The van der Waals surface area contributed by atoms with Gasteiger partial charge in [-0.1, -0.05) is 11.6 Å². The highest BCUT2D eigenvalue weighted by Crippen LogP contribution is 2.30. The van der Waals surface area contributed by atoms with Crippen molar-refractivity contribution in [1.82, 2.24) is 4.72 Å². The summed E-state index contributed by atoms with van der Waals surface area (Å²) in [6, 6.07) is 4.26. The van der Waals surface area contributed by atoms with Crippen molar-refractivity contribution >= 4 is 21.6 Å². The van der Waals surface area contributed by atoms with Crippen molar-refractivity contribution < 1.29 is 18.3 Å². The molecule has 0 aliphatic carbocycles. The quantitative estimate of drug-likeness (QED) is 0.871. The summed E-state index contributed by atoms with van der Waals surface area (Å²) in [5, 5.41) is 10.4. The zero-order valence-corrected chi connectivity index (χ0v) is 13.8. The van der Waals surface area contributed by atoms with Crippen LogP contribution in [0.1, 0.15) is 27.7 Å². The number of sulfonamides is 1. The normalized spacial score (nSPS) is 13.3. The molecule has 0 heterocycles. The molecule has 1 aromatic rings. The Hall–Kier alpha value is -0.820. The van der Waals surface area contributed by atoms with Gasteiger partial charge in [-0.15, -0.1) is 0 Å². The first kappa shape index (κ1) is 17.2. The fourth-order valence-electron chi connectivity index (χ4n) is 1.38. The number of nitrogens with one attached hydrogen (secondary N) is 1. The number of methoxy groups -OCH3 is 1. The number of rotatable bonds is 5. The van der Waals surface area contributed by atoms with Gasteiger partial charge in [-0.2, -0.15) is 0 Å². The lowest BCUT2D eigenvalue weighted by atomic mass is 9.87. The van der Waals surface area contributed by atoms with Crippen LogP contribution in [-0.2, 0) is 10.0 Å². The van der Waals surface area contributed by atoms with E-state index in [1.54, 1.807) is 13.8 Å². The summed E-state index contributed by atoms with van der Waals surface area (Å²) in [4.78, 5) is -0.0262. The minimum absolute atomic E-state index is 0.0262. The van der Waals surface area contributed by atoms with E-state index in [2.05, 4.69) is 4.72 Å². The molecule has 0 fully saturated rings. The molecular weight excluding hydrogens is 302 g/mol. The molecule has 0 atom stereocenters. The Kier molecular flexibility index (Phi) is 4.76. The zero-order valence-electron chi connectivity index (χ0n) is 12.2. The van der Waals surface area contributed by atoms with Crippen LogP contribution in [-0.4, -0.2) is 31.8 Å². The number of aliphatic hydroxyl groups is 1. The molecule has 0 aliphatic rings. The van der Waals surface area contributed by atoms with E-state index in [-0.39, 0.29) is 10.6 Å². The first-order chi connectivity index (χ1) is 8.90. The average Bonchev–Trinajstić information content (AvgIpc) is 2.25. The van der Waals surface area contributed by atoms with Crippen molar-refractivity contribution in [3.8, 4) is 5.75 Å². The lowest BCUT2D eigenvalue weighted by Crippen LogP contribution is -2.57. The predicted molar refractivity (Wildman–Crippen MR) is 78.7 cm³/mol. The molecule has 0 spiro atoms. The molecule has 1 rings (SSSR count). The van der Waals surface area contributed by atoms with Gasteiger partial charge in [-0.3, -0.25) is 0 Å². The van der Waals surface area contributed by atoms with E-state index in [1.807, 2.05) is 0 Å². The second-order valence-electron chi connectivity index (χ2n) is 5.58. The second kappa shape index (κ2) is 5.52. The van der Waals surface area contributed by atoms with Gasteiger partial charge < -0.3 is 9.84 Å². The predicted octanol–water partition coefficient (Wildman–Crippen LogP) is 2.18. The van der Waals surface area contributed by atoms with E-state index in [1.165, 1.54) is 39.2 Å². The van der Waals surface area contributed by atoms with E-state index >= 15 is 0 Å². The number of hydrogen-bond donors (Lipinski definition) is 2. The summed E-state index contributed by atoms with van der Waals surface area (Å²) in [6.07, 6.45) is 0. The first-order valence-corrected chi connectivity index (χ1v) is 7.87. The van der Waals surface area contributed by atoms with Gasteiger partial charge in [0.1, 0.15) is 10.6 Å². The van der Waals surface area contributed by atoms with Crippen molar-refractivity contribution in [2.45, 2.75) is 43.7 Å². The number of benzene rings is 1. The van der Waals surface area contributed by atoms with Gasteiger partial charge in [0.15, 0.2) is 0 Å². The molecular formula is C13H20ClNO4S. The van der Waals surface area contributed by atoms with Gasteiger partial charge >= 0.3 is 0 Å². The van der Waals surface area contributed by atoms with E-state index in [0.29, 0.717) is 5.02 Å². The largest absolute Gasteiger partial charge is 0.495 e. The van der Waals surface area contributed by atoms with E-state index < -0.39 is 21.2 Å². The molecule has 20 heavy (non-hydrogen) atoms. The second-order valence-corrected chi connectivity index (χ2v) is 7.67. The molecule has 0 bridgehead atoms. The number of hydrogen-bond acceptors (Lipinski definition) is 4. The third kappa shape index (κ3) is 3.63. The van der Waals surface area contributed by atoms with Gasteiger partial charge in [0, 0.05) is 11.1 Å². The lowest BCUT2D eigenvalue weighted by molar-refractivity contribution is 0.00637. The van der Waals surface area contributed by atoms with E-state index in [0.717, 1.165) is 0 Å². The van der Waals surface area contributed by atoms with Crippen molar-refractivity contribution in [3.63, 3.8) is 0 Å². The monoisotopic (exact) mass is 321 g/mol. The number of halogens is 1. The molecule has 0 saturated carbocycles. The summed E-state index contributed by atoms with van der Waals surface area (Å²) < 4.78 is 32.4. The summed E-state index contributed by atoms with van der Waals surface area (Å²) in [5.41, 5.74) is -2.30. The maximum Gasteiger partial charge on any atom is 0.244 e. The van der Waals surface area contributed by atoms with Crippen molar-refractivity contribution in [2.75, 3.05) is 7.11 Å². The van der Waals surface area contributed by atoms with Crippen LogP contribution in [0, 0.1) is 0 Å². The summed E-state index contributed by atoms with van der Waals surface area (Å²) in [6.45, 7) is 6.28. The van der Waals surface area contributed by atoms with Crippen LogP contribution in [0.4, 0.5) is 0 Å². The SMILES string of the molecule is COc1cc(Cl)ccc1S(=O)(=O)NC(C)(C)C(C)(C)O. The van der Waals surface area contributed by atoms with Crippen molar-refractivity contribution in [1.29, 1.82) is 0 Å². The van der Waals surface area contributed by atoms with Crippen LogP contribution in [0.2, 0.25) is 5.02 Å². The Morgan fingerprint density at radius 1 is 1.25 bits per heavy atom. The summed E-state index contributed by atoms with van der Waals surface area (Å²) in [5.74, 6) is 0.150. The number of ether oxygens (including phenoxy) is 1. The maximum absolute atomic E-state index is 12.4. The highest BCUT2D eigenvalue weighted by molar-refractivity contribution is 7.89. The molecule has 0 aromatic heterocycles. The highest BCUT2D eigenvalue weighted by atomic mass is 35.5. The van der Waals surface area contributed by atoms with Crippen LogP contribution in [0.25, 0.3) is 0 Å². The van der Waals surface area contributed by atoms with Crippen molar-refractivity contribution in [2.24, 2.45) is 0 Å². The molecule has 2 N–H and O–H groups in total. The van der Waals surface area contributed by atoms with Crippen molar-refractivity contribution in [3.05, 3.63) is 23.2 Å². The molecule has 7 heteroatoms. The zero-order chi connectivity index (χ0) is 15.8. The molecule has 114 valence electrons. The van der Waals surface area contributed by atoms with Gasteiger partial charge in [-0.05, 0) is 39.8 Å². The molecule has 0 radical (unpaired) electrons. The lowest BCUT2D eigenvalue weighted by Gasteiger charge is -2.37. The standard InChI is InChI=1S/C13H20ClNO4S/c1-12(2,13(3,4)16)15-20(17,18)11-7-6-9(14)8-10(11)19-5/h6-8,15-16H,1-5H3. The minimum Gasteiger partial charge on any atom is -0.495 e. The van der Waals surface area contributed by atoms with Crippen LogP contribution >= 0.6 is 11.6 Å². The fraction of sp³-hybridized carbons (Fsp3) is 0.538. The molecule has 1 aromatic carbocycles. The van der Waals surface area contributed by atoms with E-state index in [4.69, 9.17) is 16.3 Å². The Morgan fingerprint density at radius 2 is 1.80 bits per heavy atom. The van der Waals surface area contributed by atoms with Crippen LogP contribution in [0.3, 0.4) is 0 Å².